The van der Waals surface area contributed by atoms with Crippen molar-refractivity contribution in [3.8, 4) is 17.2 Å². The largest absolute Gasteiger partial charge is 0.493 e. The van der Waals surface area contributed by atoms with Gasteiger partial charge in [-0.25, -0.2) is 0 Å². The van der Waals surface area contributed by atoms with Crippen molar-refractivity contribution in [3.63, 3.8) is 0 Å². The number of nitrogens with one attached hydrogen (secondary N) is 2. The molecule has 2 N–H and O–H groups in total. The molecule has 3 rings (SSSR count). The van der Waals surface area contributed by atoms with Crippen LogP contribution in [0.15, 0.2) is 42.5 Å². The van der Waals surface area contributed by atoms with Crippen molar-refractivity contribution in [2.45, 2.75) is 19.8 Å². The minimum absolute atomic E-state index is 0.0642. The minimum atomic E-state index is -0.223. The van der Waals surface area contributed by atoms with E-state index in [-0.39, 0.29) is 18.6 Å². The van der Waals surface area contributed by atoms with Crippen molar-refractivity contribution in [2.24, 2.45) is 0 Å². The molecule has 0 saturated carbocycles. The average molecular weight is 384 g/mol. The van der Waals surface area contributed by atoms with E-state index in [1.54, 1.807) is 18.2 Å². The van der Waals surface area contributed by atoms with Gasteiger partial charge in [-0.2, -0.15) is 0 Å². The van der Waals surface area contributed by atoms with Gasteiger partial charge in [0.25, 0.3) is 5.91 Å². The summed E-state index contributed by atoms with van der Waals surface area (Å²) in [5, 5.41) is 5.55. The summed E-state index contributed by atoms with van der Waals surface area (Å²) in [6.45, 7) is 3.36. The highest BCUT2D eigenvalue weighted by Gasteiger charge is 2.15. The van der Waals surface area contributed by atoms with E-state index in [1.807, 2.05) is 31.2 Å². The molecular weight excluding hydrogens is 360 g/mol. The molecular formula is C21H24N2O5. The minimum Gasteiger partial charge on any atom is -0.493 e. The van der Waals surface area contributed by atoms with Crippen molar-refractivity contribution >= 4 is 11.8 Å². The van der Waals surface area contributed by atoms with Crippen LogP contribution in [0.4, 0.5) is 0 Å². The van der Waals surface area contributed by atoms with E-state index < -0.39 is 0 Å². The lowest BCUT2D eigenvalue weighted by molar-refractivity contribution is -0.121. The zero-order valence-corrected chi connectivity index (χ0v) is 15.8. The molecule has 148 valence electrons. The summed E-state index contributed by atoms with van der Waals surface area (Å²) < 4.78 is 16.1. The number of carbonyl (C=O) groups is 2. The smallest absolute Gasteiger partial charge is 0.251 e. The summed E-state index contributed by atoms with van der Waals surface area (Å²) in [5.41, 5.74) is 1.56. The summed E-state index contributed by atoms with van der Waals surface area (Å²) in [5.74, 6) is 1.75. The van der Waals surface area contributed by atoms with Gasteiger partial charge in [0, 0.05) is 25.1 Å². The Hall–Kier alpha value is -3.22. The third-order valence-electron chi connectivity index (χ3n) is 4.27. The zero-order chi connectivity index (χ0) is 19.8. The number of hydrogen-bond donors (Lipinski definition) is 2. The maximum Gasteiger partial charge on any atom is 0.251 e. The molecule has 28 heavy (non-hydrogen) atoms. The topological polar surface area (TPSA) is 85.9 Å². The summed E-state index contributed by atoms with van der Waals surface area (Å²) in [6, 6.07) is 12.8. The lowest BCUT2D eigenvalue weighted by Gasteiger charge is -2.09. The van der Waals surface area contributed by atoms with E-state index >= 15 is 0 Å². The molecule has 0 unspecified atom stereocenters. The second-order valence-electron chi connectivity index (χ2n) is 6.39. The van der Waals surface area contributed by atoms with Gasteiger partial charge in [-0.15, -0.1) is 0 Å². The molecule has 0 radical (unpaired) electrons. The second-order valence-corrected chi connectivity index (χ2v) is 6.39. The third kappa shape index (κ3) is 5.39. The third-order valence-corrected chi connectivity index (χ3v) is 4.27. The van der Waals surface area contributed by atoms with Gasteiger partial charge in [0.15, 0.2) is 11.5 Å². The van der Waals surface area contributed by atoms with Gasteiger partial charge in [0.1, 0.15) is 5.75 Å². The standard InChI is InChI=1S/C21H24N2O5/c1-15-5-2-3-6-17(15)26-12-4-7-20(24)22-10-11-23-21(25)16-8-9-18-19(13-16)28-14-27-18/h2-3,5-6,8-9,13H,4,7,10-12,14H2,1H3,(H,22,24)(H,23,25). The first-order valence-electron chi connectivity index (χ1n) is 9.26. The van der Waals surface area contributed by atoms with Gasteiger partial charge in [-0.3, -0.25) is 9.59 Å². The van der Waals surface area contributed by atoms with E-state index in [0.29, 0.717) is 49.6 Å². The van der Waals surface area contributed by atoms with Gasteiger partial charge < -0.3 is 24.8 Å². The number of aryl methyl sites for hydroxylation is 1. The fourth-order valence-corrected chi connectivity index (χ4v) is 2.74. The van der Waals surface area contributed by atoms with Crippen molar-refractivity contribution in [2.75, 3.05) is 26.5 Å². The van der Waals surface area contributed by atoms with Crippen LogP contribution >= 0.6 is 0 Å². The number of amides is 2. The fourth-order valence-electron chi connectivity index (χ4n) is 2.74. The predicted octanol–water partition coefficient (Wildman–Crippen LogP) is 2.43. The monoisotopic (exact) mass is 384 g/mol. The molecule has 1 heterocycles. The molecule has 2 aromatic rings. The van der Waals surface area contributed by atoms with E-state index in [0.717, 1.165) is 11.3 Å². The Balaban J connectivity index is 1.28. The van der Waals surface area contributed by atoms with E-state index in [9.17, 15) is 9.59 Å². The van der Waals surface area contributed by atoms with E-state index in [2.05, 4.69) is 10.6 Å². The van der Waals surface area contributed by atoms with Crippen LogP contribution in [0.3, 0.4) is 0 Å². The fraction of sp³-hybridized carbons (Fsp3) is 0.333. The number of carbonyl (C=O) groups excluding carboxylic acids is 2. The maximum atomic E-state index is 12.1. The van der Waals surface area contributed by atoms with Gasteiger partial charge in [-0.1, -0.05) is 18.2 Å². The Kier molecular flexibility index (Phi) is 6.73. The molecule has 2 aromatic carbocycles. The average Bonchev–Trinajstić information content (AvgIpc) is 3.17. The first-order valence-corrected chi connectivity index (χ1v) is 9.26. The molecule has 1 aliphatic rings. The molecule has 0 fully saturated rings. The summed E-state index contributed by atoms with van der Waals surface area (Å²) >= 11 is 0. The van der Waals surface area contributed by atoms with Gasteiger partial charge in [0.05, 0.1) is 6.61 Å². The molecule has 1 aliphatic heterocycles. The Morgan fingerprint density at radius 1 is 1.04 bits per heavy atom. The highest BCUT2D eigenvalue weighted by molar-refractivity contribution is 5.94. The van der Waals surface area contributed by atoms with Crippen LogP contribution in [0.2, 0.25) is 0 Å². The zero-order valence-electron chi connectivity index (χ0n) is 15.8. The van der Waals surface area contributed by atoms with Crippen LogP contribution in [0.5, 0.6) is 17.2 Å². The van der Waals surface area contributed by atoms with Crippen LogP contribution in [-0.4, -0.2) is 38.3 Å². The SMILES string of the molecule is Cc1ccccc1OCCCC(=O)NCCNC(=O)c1ccc2c(c1)OCO2. The van der Waals surface area contributed by atoms with Crippen LogP contribution < -0.4 is 24.8 Å². The Bertz CT molecular complexity index is 837. The van der Waals surface area contributed by atoms with Crippen LogP contribution in [0.1, 0.15) is 28.8 Å². The van der Waals surface area contributed by atoms with Crippen molar-refractivity contribution < 1.29 is 23.8 Å². The maximum absolute atomic E-state index is 12.1. The van der Waals surface area contributed by atoms with Gasteiger partial charge >= 0.3 is 0 Å². The molecule has 0 spiro atoms. The van der Waals surface area contributed by atoms with Crippen molar-refractivity contribution in [1.82, 2.24) is 10.6 Å². The Labute approximate surface area is 164 Å². The first kappa shape index (κ1) is 19.5. The number of para-hydroxylation sites is 1. The quantitative estimate of drug-likeness (QED) is 0.649. The van der Waals surface area contributed by atoms with Crippen LogP contribution in [0.25, 0.3) is 0 Å². The van der Waals surface area contributed by atoms with E-state index in [4.69, 9.17) is 14.2 Å². The number of hydrogen-bond acceptors (Lipinski definition) is 5. The molecule has 0 saturated heterocycles. The lowest BCUT2D eigenvalue weighted by atomic mass is 10.2. The van der Waals surface area contributed by atoms with E-state index in [1.165, 1.54) is 0 Å². The highest BCUT2D eigenvalue weighted by Crippen LogP contribution is 2.32. The molecule has 0 aromatic heterocycles. The number of ether oxygens (including phenoxy) is 3. The summed E-state index contributed by atoms with van der Waals surface area (Å²) in [6.07, 6.45) is 1.01. The van der Waals surface area contributed by atoms with Gasteiger partial charge in [-0.05, 0) is 43.2 Å². The highest BCUT2D eigenvalue weighted by atomic mass is 16.7. The number of fused-ring (bicyclic) bond motifs is 1. The lowest BCUT2D eigenvalue weighted by Crippen LogP contribution is -2.34. The van der Waals surface area contributed by atoms with Crippen LogP contribution in [-0.2, 0) is 4.79 Å². The Morgan fingerprint density at radius 3 is 2.68 bits per heavy atom. The van der Waals surface area contributed by atoms with Gasteiger partial charge in [0.2, 0.25) is 12.7 Å². The Morgan fingerprint density at radius 2 is 1.82 bits per heavy atom. The number of rotatable bonds is 9. The molecule has 7 nitrogen and oxygen atoms in total. The predicted molar refractivity (Wildman–Crippen MR) is 104 cm³/mol. The number of benzene rings is 2. The molecule has 0 aliphatic carbocycles. The van der Waals surface area contributed by atoms with Crippen LogP contribution in [0, 0.1) is 6.92 Å². The molecule has 0 atom stereocenters. The molecule has 2 amide bonds. The first-order chi connectivity index (χ1) is 13.6. The normalized spacial score (nSPS) is 11.8. The summed E-state index contributed by atoms with van der Waals surface area (Å²) in [4.78, 5) is 24.0. The second kappa shape index (κ2) is 9.64. The van der Waals surface area contributed by atoms with Crippen molar-refractivity contribution in [1.29, 1.82) is 0 Å². The summed E-state index contributed by atoms with van der Waals surface area (Å²) in [7, 11) is 0. The molecule has 0 bridgehead atoms. The molecule has 7 heteroatoms. The van der Waals surface area contributed by atoms with Crippen molar-refractivity contribution in [3.05, 3.63) is 53.6 Å².